The molecule has 8 nitrogen and oxygen atoms in total. The molecule has 158 valence electrons. The lowest BCUT2D eigenvalue weighted by atomic mass is 10.1. The first-order chi connectivity index (χ1) is 13.5. The van der Waals surface area contributed by atoms with E-state index in [1.807, 2.05) is 26.0 Å². The molecular formula is C20H27IN4O4. The number of nitro groups is 1. The molecule has 2 N–H and O–H groups in total. The van der Waals surface area contributed by atoms with Gasteiger partial charge in [0.05, 0.1) is 24.1 Å². The predicted octanol–water partition coefficient (Wildman–Crippen LogP) is 3.95. The molecule has 0 radical (unpaired) electrons. The maximum absolute atomic E-state index is 10.8. The van der Waals surface area contributed by atoms with Crippen LogP contribution in [0.25, 0.3) is 0 Å². The number of nitro benzene ring substituents is 1. The highest BCUT2D eigenvalue weighted by molar-refractivity contribution is 14.0. The maximum Gasteiger partial charge on any atom is 0.269 e. The summed E-state index contributed by atoms with van der Waals surface area (Å²) in [6, 6.07) is 10.3. The molecule has 29 heavy (non-hydrogen) atoms. The van der Waals surface area contributed by atoms with Gasteiger partial charge in [-0.2, -0.15) is 0 Å². The summed E-state index contributed by atoms with van der Waals surface area (Å²) in [6.07, 6.45) is 1.04. The molecule has 3 rings (SSSR count). The maximum atomic E-state index is 10.8. The number of furan rings is 1. The number of nitrogens with one attached hydrogen (secondary N) is 2. The summed E-state index contributed by atoms with van der Waals surface area (Å²) in [5.74, 6) is 2.84. The molecule has 1 aliphatic heterocycles. The van der Waals surface area contributed by atoms with Gasteiger partial charge in [0, 0.05) is 31.2 Å². The summed E-state index contributed by atoms with van der Waals surface area (Å²) >= 11 is 0. The summed E-state index contributed by atoms with van der Waals surface area (Å²) in [7, 11) is 0. The Hall–Kier alpha value is -2.14. The number of hydrogen-bond donors (Lipinski definition) is 2. The minimum absolute atomic E-state index is 0. The van der Waals surface area contributed by atoms with E-state index >= 15 is 0 Å². The Kier molecular flexibility index (Phi) is 8.90. The van der Waals surface area contributed by atoms with Crippen LogP contribution < -0.4 is 10.6 Å². The zero-order valence-electron chi connectivity index (χ0n) is 16.6. The quantitative estimate of drug-likeness (QED) is 0.191. The Labute approximate surface area is 187 Å². The van der Waals surface area contributed by atoms with Crippen LogP contribution in [-0.2, 0) is 11.3 Å². The number of aliphatic imine (C=N–C) groups is 1. The third-order valence-corrected chi connectivity index (χ3v) is 4.69. The summed E-state index contributed by atoms with van der Waals surface area (Å²) in [5.41, 5.74) is 0.977. The van der Waals surface area contributed by atoms with Gasteiger partial charge in [0.25, 0.3) is 5.69 Å². The van der Waals surface area contributed by atoms with Gasteiger partial charge in [-0.25, -0.2) is 4.99 Å². The second kappa shape index (κ2) is 11.1. The van der Waals surface area contributed by atoms with Crippen molar-refractivity contribution in [2.45, 2.75) is 32.9 Å². The number of rotatable bonds is 7. The average molecular weight is 514 g/mol. The second-order valence-corrected chi connectivity index (χ2v) is 7.01. The van der Waals surface area contributed by atoms with Crippen LogP contribution >= 0.6 is 24.0 Å². The fourth-order valence-corrected chi connectivity index (χ4v) is 2.99. The van der Waals surface area contributed by atoms with E-state index in [4.69, 9.17) is 9.15 Å². The highest BCUT2D eigenvalue weighted by Crippen LogP contribution is 2.16. The predicted molar refractivity (Wildman–Crippen MR) is 122 cm³/mol. The van der Waals surface area contributed by atoms with Crippen molar-refractivity contribution in [3.8, 4) is 0 Å². The van der Waals surface area contributed by atoms with E-state index in [9.17, 15) is 10.1 Å². The van der Waals surface area contributed by atoms with E-state index in [1.165, 1.54) is 12.1 Å². The number of ether oxygens (including phenoxy) is 1. The first-order valence-electron chi connectivity index (χ1n) is 9.43. The summed E-state index contributed by atoms with van der Waals surface area (Å²) in [4.78, 5) is 15.0. The van der Waals surface area contributed by atoms with Crippen molar-refractivity contribution in [1.82, 2.24) is 10.6 Å². The van der Waals surface area contributed by atoms with Crippen molar-refractivity contribution in [3.63, 3.8) is 0 Å². The Morgan fingerprint density at radius 2 is 2.07 bits per heavy atom. The monoisotopic (exact) mass is 514 g/mol. The van der Waals surface area contributed by atoms with E-state index in [2.05, 4.69) is 15.6 Å². The standard InChI is InChI=1S/C20H26N4O4.HI/c1-14-3-8-19(28-14)15(2)23-20(22-12-17-9-10-27-13-17)21-11-16-4-6-18(7-5-16)24(25)26;/h3-8,15,17H,9-13H2,1-2H3,(H2,21,22,23);1H. The Bertz CT molecular complexity index is 816. The van der Waals surface area contributed by atoms with E-state index < -0.39 is 4.92 Å². The van der Waals surface area contributed by atoms with Gasteiger partial charge in [-0.05, 0) is 38.0 Å². The number of nitrogens with zero attached hydrogens (tertiary/aromatic N) is 2. The molecule has 0 bridgehead atoms. The van der Waals surface area contributed by atoms with Crippen LogP contribution in [0.5, 0.6) is 0 Å². The largest absolute Gasteiger partial charge is 0.464 e. The third kappa shape index (κ3) is 7.00. The number of hydrogen-bond acceptors (Lipinski definition) is 5. The van der Waals surface area contributed by atoms with Crippen molar-refractivity contribution in [2.75, 3.05) is 19.8 Å². The molecular weight excluding hydrogens is 487 g/mol. The fraction of sp³-hybridized carbons (Fsp3) is 0.450. The molecule has 0 spiro atoms. The van der Waals surface area contributed by atoms with Gasteiger partial charge in [-0.3, -0.25) is 10.1 Å². The summed E-state index contributed by atoms with van der Waals surface area (Å²) in [6.45, 7) is 6.68. The molecule has 2 atom stereocenters. The zero-order valence-corrected chi connectivity index (χ0v) is 18.9. The Morgan fingerprint density at radius 1 is 1.31 bits per heavy atom. The molecule has 0 saturated carbocycles. The van der Waals surface area contributed by atoms with Crippen LogP contribution in [0.3, 0.4) is 0 Å². The van der Waals surface area contributed by atoms with Gasteiger partial charge in [-0.1, -0.05) is 12.1 Å². The van der Waals surface area contributed by atoms with Crippen molar-refractivity contribution < 1.29 is 14.1 Å². The van der Waals surface area contributed by atoms with Gasteiger partial charge in [0.2, 0.25) is 0 Å². The van der Waals surface area contributed by atoms with Crippen molar-refractivity contribution in [1.29, 1.82) is 0 Å². The van der Waals surface area contributed by atoms with Crippen LogP contribution in [-0.4, -0.2) is 30.6 Å². The van der Waals surface area contributed by atoms with Gasteiger partial charge in [0.1, 0.15) is 11.5 Å². The number of guanidine groups is 1. The smallest absolute Gasteiger partial charge is 0.269 e. The zero-order chi connectivity index (χ0) is 19.9. The minimum atomic E-state index is -0.404. The van der Waals surface area contributed by atoms with E-state index in [1.54, 1.807) is 12.1 Å². The van der Waals surface area contributed by atoms with E-state index in [0.717, 1.165) is 43.3 Å². The highest BCUT2D eigenvalue weighted by atomic mass is 127. The lowest BCUT2D eigenvalue weighted by Crippen LogP contribution is -2.41. The normalized spacial score (nSPS) is 17.4. The number of aryl methyl sites for hydroxylation is 1. The van der Waals surface area contributed by atoms with Crippen LogP contribution in [0.1, 0.15) is 36.5 Å². The molecule has 1 aromatic heterocycles. The van der Waals surface area contributed by atoms with Crippen LogP contribution in [0, 0.1) is 23.0 Å². The molecule has 2 aromatic rings. The molecule has 1 fully saturated rings. The second-order valence-electron chi connectivity index (χ2n) is 7.01. The van der Waals surface area contributed by atoms with E-state index in [-0.39, 0.29) is 35.7 Å². The minimum Gasteiger partial charge on any atom is -0.464 e. The average Bonchev–Trinajstić information content (AvgIpc) is 3.36. The van der Waals surface area contributed by atoms with Crippen LogP contribution in [0.4, 0.5) is 5.69 Å². The summed E-state index contributed by atoms with van der Waals surface area (Å²) < 4.78 is 11.1. The first-order valence-corrected chi connectivity index (χ1v) is 9.43. The van der Waals surface area contributed by atoms with Crippen molar-refractivity contribution >= 4 is 35.6 Å². The van der Waals surface area contributed by atoms with Crippen molar-refractivity contribution in [2.24, 2.45) is 10.9 Å². The van der Waals surface area contributed by atoms with Gasteiger partial charge in [-0.15, -0.1) is 24.0 Å². The molecule has 0 amide bonds. The molecule has 9 heteroatoms. The molecule has 2 heterocycles. The molecule has 1 aliphatic rings. The van der Waals surface area contributed by atoms with E-state index in [0.29, 0.717) is 18.4 Å². The third-order valence-electron chi connectivity index (χ3n) is 4.69. The van der Waals surface area contributed by atoms with Gasteiger partial charge >= 0.3 is 0 Å². The first kappa shape index (κ1) is 23.1. The molecule has 0 aliphatic carbocycles. The Morgan fingerprint density at radius 3 is 2.66 bits per heavy atom. The van der Waals surface area contributed by atoms with Gasteiger partial charge in [0.15, 0.2) is 5.96 Å². The van der Waals surface area contributed by atoms with Gasteiger partial charge < -0.3 is 19.8 Å². The fourth-order valence-electron chi connectivity index (χ4n) is 2.99. The summed E-state index contributed by atoms with van der Waals surface area (Å²) in [5, 5.41) is 17.5. The van der Waals surface area contributed by atoms with Crippen LogP contribution in [0.2, 0.25) is 0 Å². The number of halogens is 1. The number of non-ortho nitro benzene ring substituents is 1. The highest BCUT2D eigenvalue weighted by Gasteiger charge is 2.17. The molecule has 1 saturated heterocycles. The number of benzene rings is 1. The topological polar surface area (TPSA) is 102 Å². The van der Waals surface area contributed by atoms with Crippen molar-refractivity contribution in [3.05, 3.63) is 63.6 Å². The van der Waals surface area contributed by atoms with Crippen LogP contribution in [0.15, 0.2) is 45.8 Å². The lowest BCUT2D eigenvalue weighted by molar-refractivity contribution is -0.384. The Balaban J connectivity index is 0.00000300. The molecule has 1 aromatic carbocycles. The SMILES string of the molecule is Cc1ccc(C(C)NC(=NCc2ccc([N+](=O)[O-])cc2)NCC2CCOC2)o1.I. The molecule has 2 unspecified atom stereocenters. The lowest BCUT2D eigenvalue weighted by Gasteiger charge is -2.18.